The number of rotatable bonds is 5. The molecule has 2 aromatic carbocycles. The van der Waals surface area contributed by atoms with Gasteiger partial charge in [-0.2, -0.15) is 0 Å². The van der Waals surface area contributed by atoms with Gasteiger partial charge in [0.25, 0.3) is 5.91 Å². The number of esters is 1. The summed E-state index contributed by atoms with van der Waals surface area (Å²) in [5.74, 6) is -0.0238. The number of aryl methyl sites for hydroxylation is 3. The molecule has 0 aliphatic heterocycles. The highest BCUT2D eigenvalue weighted by molar-refractivity contribution is 6.07. The second kappa shape index (κ2) is 8.52. The molecule has 7 heteroatoms. The zero-order valence-electron chi connectivity index (χ0n) is 16.7. The summed E-state index contributed by atoms with van der Waals surface area (Å²) in [5.41, 5.74) is 4.01. The number of hydrogen-bond donors (Lipinski definition) is 2. The van der Waals surface area contributed by atoms with Crippen molar-refractivity contribution in [2.45, 2.75) is 20.8 Å². The predicted molar refractivity (Wildman–Crippen MR) is 112 cm³/mol. The first kappa shape index (κ1) is 20.0. The standard InChI is InChI=1S/C22H22N4O3/c1-13-9-10-16(11-14(13)2)25-20-12-19(23-15(3)24-20)21(27)26-18-8-6-5-7-17(18)22(28)29-4/h5-12H,1-4H3,(H,26,27)(H,23,24,25). The van der Waals surface area contributed by atoms with Crippen LogP contribution in [-0.2, 0) is 4.74 Å². The molecular weight excluding hydrogens is 368 g/mol. The van der Waals surface area contributed by atoms with Crippen molar-refractivity contribution in [1.82, 2.24) is 9.97 Å². The van der Waals surface area contributed by atoms with E-state index in [1.807, 2.05) is 32.0 Å². The second-order valence-corrected chi connectivity index (χ2v) is 6.60. The zero-order valence-corrected chi connectivity index (χ0v) is 16.7. The van der Waals surface area contributed by atoms with Gasteiger partial charge in [-0.15, -0.1) is 0 Å². The second-order valence-electron chi connectivity index (χ2n) is 6.60. The van der Waals surface area contributed by atoms with Crippen molar-refractivity contribution in [3.63, 3.8) is 0 Å². The number of methoxy groups -OCH3 is 1. The molecule has 0 bridgehead atoms. The molecule has 0 saturated heterocycles. The Balaban J connectivity index is 1.85. The maximum atomic E-state index is 12.8. The average Bonchev–Trinajstić information content (AvgIpc) is 2.70. The highest BCUT2D eigenvalue weighted by Gasteiger charge is 2.16. The molecule has 3 aromatic rings. The van der Waals surface area contributed by atoms with Crippen molar-refractivity contribution in [3.8, 4) is 0 Å². The van der Waals surface area contributed by atoms with Gasteiger partial charge in [0.05, 0.1) is 18.4 Å². The summed E-state index contributed by atoms with van der Waals surface area (Å²) < 4.78 is 4.76. The molecule has 0 aliphatic rings. The van der Waals surface area contributed by atoms with Gasteiger partial charge in [0.1, 0.15) is 17.3 Å². The quantitative estimate of drug-likeness (QED) is 0.635. The summed E-state index contributed by atoms with van der Waals surface area (Å²) in [4.78, 5) is 33.2. The number of para-hydroxylation sites is 1. The number of carbonyl (C=O) groups excluding carboxylic acids is 2. The minimum atomic E-state index is -0.531. The lowest BCUT2D eigenvalue weighted by molar-refractivity contribution is 0.0602. The number of nitrogens with one attached hydrogen (secondary N) is 2. The average molecular weight is 390 g/mol. The van der Waals surface area contributed by atoms with Crippen LogP contribution in [0.25, 0.3) is 0 Å². The Morgan fingerprint density at radius 2 is 1.69 bits per heavy atom. The largest absolute Gasteiger partial charge is 0.465 e. The number of aromatic nitrogens is 2. The van der Waals surface area contributed by atoms with Crippen LogP contribution in [0.2, 0.25) is 0 Å². The fourth-order valence-corrected chi connectivity index (χ4v) is 2.78. The van der Waals surface area contributed by atoms with Gasteiger partial charge in [-0.1, -0.05) is 18.2 Å². The molecule has 0 atom stereocenters. The van der Waals surface area contributed by atoms with E-state index in [0.717, 1.165) is 11.3 Å². The number of benzene rings is 2. The minimum absolute atomic E-state index is 0.184. The summed E-state index contributed by atoms with van der Waals surface area (Å²) in [5, 5.41) is 5.92. The van der Waals surface area contributed by atoms with Gasteiger partial charge < -0.3 is 15.4 Å². The van der Waals surface area contributed by atoms with Crippen LogP contribution in [0.5, 0.6) is 0 Å². The van der Waals surface area contributed by atoms with Crippen molar-refractivity contribution < 1.29 is 14.3 Å². The molecule has 1 aromatic heterocycles. The van der Waals surface area contributed by atoms with E-state index in [0.29, 0.717) is 17.3 Å². The molecule has 3 rings (SSSR count). The molecule has 29 heavy (non-hydrogen) atoms. The summed E-state index contributed by atoms with van der Waals surface area (Å²) >= 11 is 0. The van der Waals surface area contributed by atoms with Crippen LogP contribution in [0.15, 0.2) is 48.5 Å². The first-order valence-corrected chi connectivity index (χ1v) is 9.06. The molecule has 0 unspecified atom stereocenters. The lowest BCUT2D eigenvalue weighted by Crippen LogP contribution is -2.17. The fourth-order valence-electron chi connectivity index (χ4n) is 2.78. The number of ether oxygens (including phenoxy) is 1. The molecule has 0 saturated carbocycles. The normalized spacial score (nSPS) is 10.3. The Morgan fingerprint density at radius 1 is 0.931 bits per heavy atom. The Labute approximate surface area is 169 Å². The van der Waals surface area contributed by atoms with E-state index in [2.05, 4.69) is 20.6 Å². The number of anilines is 3. The van der Waals surface area contributed by atoms with Gasteiger partial charge in [0, 0.05) is 11.8 Å². The van der Waals surface area contributed by atoms with Gasteiger partial charge in [0.15, 0.2) is 0 Å². The highest BCUT2D eigenvalue weighted by Crippen LogP contribution is 2.20. The van der Waals surface area contributed by atoms with Crippen LogP contribution in [0.1, 0.15) is 37.8 Å². The Hall–Kier alpha value is -3.74. The first-order valence-electron chi connectivity index (χ1n) is 9.06. The van der Waals surface area contributed by atoms with Crippen LogP contribution in [-0.4, -0.2) is 29.0 Å². The Morgan fingerprint density at radius 3 is 2.41 bits per heavy atom. The van der Waals surface area contributed by atoms with Crippen LogP contribution in [0.3, 0.4) is 0 Å². The molecule has 7 nitrogen and oxygen atoms in total. The molecule has 0 spiro atoms. The zero-order chi connectivity index (χ0) is 21.0. The van der Waals surface area contributed by atoms with Gasteiger partial charge in [0.2, 0.25) is 0 Å². The molecule has 148 valence electrons. The molecule has 2 N–H and O–H groups in total. The van der Waals surface area contributed by atoms with Gasteiger partial charge in [-0.05, 0) is 56.2 Å². The van der Waals surface area contributed by atoms with E-state index in [9.17, 15) is 9.59 Å². The van der Waals surface area contributed by atoms with E-state index in [-0.39, 0.29) is 11.3 Å². The third-order valence-electron chi connectivity index (χ3n) is 4.43. The van der Waals surface area contributed by atoms with Gasteiger partial charge >= 0.3 is 5.97 Å². The van der Waals surface area contributed by atoms with Crippen LogP contribution >= 0.6 is 0 Å². The molecule has 0 aliphatic carbocycles. The monoisotopic (exact) mass is 390 g/mol. The van der Waals surface area contributed by atoms with Crippen LogP contribution in [0, 0.1) is 20.8 Å². The van der Waals surface area contributed by atoms with Crippen molar-refractivity contribution in [3.05, 3.63) is 76.7 Å². The lowest BCUT2D eigenvalue weighted by Gasteiger charge is -2.12. The molecule has 0 fully saturated rings. The van der Waals surface area contributed by atoms with E-state index < -0.39 is 11.9 Å². The van der Waals surface area contributed by atoms with Crippen molar-refractivity contribution in [2.24, 2.45) is 0 Å². The first-order chi connectivity index (χ1) is 13.9. The maximum Gasteiger partial charge on any atom is 0.339 e. The third-order valence-corrected chi connectivity index (χ3v) is 4.43. The number of nitrogens with zero attached hydrogens (tertiary/aromatic N) is 2. The molecular formula is C22H22N4O3. The Kier molecular flexibility index (Phi) is 5.87. The third kappa shape index (κ3) is 4.76. The van der Waals surface area contributed by atoms with Crippen LogP contribution in [0.4, 0.5) is 17.2 Å². The van der Waals surface area contributed by atoms with Crippen molar-refractivity contribution in [1.29, 1.82) is 0 Å². The summed E-state index contributed by atoms with van der Waals surface area (Å²) in [6.07, 6.45) is 0. The topological polar surface area (TPSA) is 93.2 Å². The SMILES string of the molecule is COC(=O)c1ccccc1NC(=O)c1cc(Nc2ccc(C)c(C)c2)nc(C)n1. The van der Waals surface area contributed by atoms with Crippen molar-refractivity contribution in [2.75, 3.05) is 17.7 Å². The number of hydrogen-bond acceptors (Lipinski definition) is 6. The molecule has 1 amide bonds. The smallest absolute Gasteiger partial charge is 0.339 e. The summed E-state index contributed by atoms with van der Waals surface area (Å²) in [6, 6.07) is 14.2. The van der Waals surface area contributed by atoms with Crippen LogP contribution < -0.4 is 10.6 Å². The molecule has 0 radical (unpaired) electrons. The summed E-state index contributed by atoms with van der Waals surface area (Å²) in [7, 11) is 1.29. The highest BCUT2D eigenvalue weighted by atomic mass is 16.5. The van der Waals surface area contributed by atoms with E-state index >= 15 is 0 Å². The van der Waals surface area contributed by atoms with Crippen molar-refractivity contribution >= 4 is 29.1 Å². The van der Waals surface area contributed by atoms with Gasteiger partial charge in [-0.3, -0.25) is 4.79 Å². The predicted octanol–water partition coefficient (Wildman–Crippen LogP) is 4.18. The number of carbonyl (C=O) groups is 2. The minimum Gasteiger partial charge on any atom is -0.465 e. The van der Waals surface area contributed by atoms with E-state index in [1.165, 1.54) is 12.7 Å². The maximum absolute atomic E-state index is 12.8. The fraction of sp³-hybridized carbons (Fsp3) is 0.182. The Bertz CT molecular complexity index is 1080. The molecule has 1 heterocycles. The summed E-state index contributed by atoms with van der Waals surface area (Å²) in [6.45, 7) is 5.79. The van der Waals surface area contributed by atoms with E-state index in [1.54, 1.807) is 37.3 Å². The lowest BCUT2D eigenvalue weighted by atomic mass is 10.1. The van der Waals surface area contributed by atoms with Gasteiger partial charge in [-0.25, -0.2) is 14.8 Å². The van der Waals surface area contributed by atoms with E-state index in [4.69, 9.17) is 4.74 Å². The number of amides is 1.